The number of hydrogen-bond donors (Lipinski definition) is 2. The highest BCUT2D eigenvalue weighted by Crippen LogP contribution is 2.20. The number of aliphatic hydroxyl groups is 1. The van der Waals surface area contributed by atoms with Gasteiger partial charge in [-0.15, -0.1) is 0 Å². The van der Waals surface area contributed by atoms with Crippen LogP contribution in [0.25, 0.3) is 0 Å². The van der Waals surface area contributed by atoms with E-state index in [0.717, 1.165) is 32.1 Å². The van der Waals surface area contributed by atoms with Gasteiger partial charge in [0.15, 0.2) is 0 Å². The summed E-state index contributed by atoms with van der Waals surface area (Å²) in [6, 6.07) is -0.330. The maximum absolute atomic E-state index is 12.3. The van der Waals surface area contributed by atoms with Crippen molar-refractivity contribution in [3.8, 4) is 0 Å². The molecule has 1 heterocycles. The summed E-state index contributed by atoms with van der Waals surface area (Å²) in [6.45, 7) is 6.55. The Kier molecular flexibility index (Phi) is 6.73. The van der Waals surface area contributed by atoms with Gasteiger partial charge in [0.25, 0.3) is 10.2 Å². The first-order valence-electron chi connectivity index (χ1n) is 7.30. The maximum Gasteiger partial charge on any atom is 0.280 e. The topological polar surface area (TPSA) is 69.6 Å². The highest BCUT2D eigenvalue weighted by atomic mass is 32.2. The van der Waals surface area contributed by atoms with Gasteiger partial charge >= 0.3 is 0 Å². The minimum absolute atomic E-state index is 0.0683. The monoisotopic (exact) mass is 292 g/mol. The Balaban J connectivity index is 2.63. The van der Waals surface area contributed by atoms with Crippen molar-refractivity contribution < 1.29 is 13.5 Å². The average molecular weight is 292 g/mol. The van der Waals surface area contributed by atoms with Crippen molar-refractivity contribution in [1.29, 1.82) is 0 Å². The molecule has 0 aromatic heterocycles. The predicted molar refractivity (Wildman–Crippen MR) is 77.0 cm³/mol. The molecule has 0 saturated carbocycles. The van der Waals surface area contributed by atoms with Crippen molar-refractivity contribution in [1.82, 2.24) is 9.03 Å². The molecule has 0 aromatic carbocycles. The molecule has 3 unspecified atom stereocenters. The summed E-state index contributed by atoms with van der Waals surface area (Å²) in [7, 11) is -3.47. The average Bonchev–Trinajstić information content (AvgIpc) is 2.37. The van der Waals surface area contributed by atoms with E-state index in [9.17, 15) is 13.5 Å². The quantitative estimate of drug-likeness (QED) is 0.747. The van der Waals surface area contributed by atoms with E-state index in [-0.39, 0.29) is 18.7 Å². The summed E-state index contributed by atoms with van der Waals surface area (Å²) in [5.74, 6) is 0.507. The smallest absolute Gasteiger partial charge is 0.280 e. The third-order valence-corrected chi connectivity index (χ3v) is 5.69. The van der Waals surface area contributed by atoms with Crippen LogP contribution in [0.1, 0.15) is 52.9 Å². The van der Waals surface area contributed by atoms with Crippen molar-refractivity contribution in [2.75, 3.05) is 13.2 Å². The molecule has 2 N–H and O–H groups in total. The molecule has 0 amide bonds. The van der Waals surface area contributed by atoms with Gasteiger partial charge in [0.1, 0.15) is 0 Å². The number of piperidine rings is 1. The lowest BCUT2D eigenvalue weighted by atomic mass is 10.0. The standard InChI is InChI=1S/C13H28N2O3S/c1-4-11(2)9-12(3)14-19(17,18)15-8-6-5-7-13(15)10-16/h11-14,16H,4-10H2,1-3H3. The Labute approximate surface area is 117 Å². The minimum atomic E-state index is -3.47. The summed E-state index contributed by atoms with van der Waals surface area (Å²) < 4.78 is 28.9. The molecule has 114 valence electrons. The van der Waals surface area contributed by atoms with Gasteiger partial charge in [-0.25, -0.2) is 0 Å². The lowest BCUT2D eigenvalue weighted by Gasteiger charge is -2.34. The van der Waals surface area contributed by atoms with Crippen LogP contribution in [0.15, 0.2) is 0 Å². The Morgan fingerprint density at radius 1 is 1.37 bits per heavy atom. The van der Waals surface area contributed by atoms with Gasteiger partial charge < -0.3 is 5.11 Å². The summed E-state index contributed by atoms with van der Waals surface area (Å²) in [4.78, 5) is 0. The van der Waals surface area contributed by atoms with Gasteiger partial charge in [-0.2, -0.15) is 17.4 Å². The molecule has 0 aliphatic carbocycles. The summed E-state index contributed by atoms with van der Waals surface area (Å²) in [5, 5.41) is 9.31. The molecular weight excluding hydrogens is 264 g/mol. The molecule has 0 spiro atoms. The third-order valence-electron chi connectivity index (χ3n) is 3.90. The highest BCUT2D eigenvalue weighted by molar-refractivity contribution is 7.87. The number of hydrogen-bond acceptors (Lipinski definition) is 3. The SMILES string of the molecule is CCC(C)CC(C)NS(=O)(=O)N1CCCCC1CO. The van der Waals surface area contributed by atoms with Crippen molar-refractivity contribution >= 4 is 10.2 Å². The number of nitrogens with zero attached hydrogens (tertiary/aromatic N) is 1. The second-order valence-electron chi connectivity index (χ2n) is 5.72. The predicted octanol–water partition coefficient (Wildman–Crippen LogP) is 1.49. The van der Waals surface area contributed by atoms with Gasteiger partial charge in [-0.1, -0.05) is 26.7 Å². The van der Waals surface area contributed by atoms with Crippen LogP contribution in [0, 0.1) is 5.92 Å². The zero-order chi connectivity index (χ0) is 14.5. The summed E-state index contributed by atoms with van der Waals surface area (Å²) in [5.41, 5.74) is 0. The lowest BCUT2D eigenvalue weighted by Crippen LogP contribution is -2.52. The van der Waals surface area contributed by atoms with E-state index in [1.165, 1.54) is 4.31 Å². The minimum Gasteiger partial charge on any atom is -0.395 e. The first-order valence-corrected chi connectivity index (χ1v) is 8.74. The summed E-state index contributed by atoms with van der Waals surface area (Å²) in [6.07, 6.45) is 4.50. The van der Waals surface area contributed by atoms with Gasteiger partial charge in [0.05, 0.1) is 6.61 Å². The van der Waals surface area contributed by atoms with Gasteiger partial charge in [0, 0.05) is 18.6 Å². The van der Waals surface area contributed by atoms with Crippen LogP contribution < -0.4 is 4.72 Å². The first-order chi connectivity index (χ1) is 8.90. The fraction of sp³-hybridized carbons (Fsp3) is 1.00. The molecule has 1 rings (SSSR count). The Morgan fingerprint density at radius 2 is 2.05 bits per heavy atom. The molecule has 19 heavy (non-hydrogen) atoms. The van der Waals surface area contributed by atoms with Gasteiger partial charge in [-0.3, -0.25) is 0 Å². The number of rotatable bonds is 7. The molecule has 6 heteroatoms. The maximum atomic E-state index is 12.3. The Hall–Kier alpha value is -0.170. The van der Waals surface area contributed by atoms with Crippen molar-refractivity contribution in [3.05, 3.63) is 0 Å². The largest absolute Gasteiger partial charge is 0.395 e. The molecule has 1 fully saturated rings. The van der Waals surface area contributed by atoms with Crippen LogP contribution in [-0.2, 0) is 10.2 Å². The van der Waals surface area contributed by atoms with Crippen LogP contribution in [-0.4, -0.2) is 43.1 Å². The second-order valence-corrected chi connectivity index (χ2v) is 7.37. The fourth-order valence-corrected chi connectivity index (χ4v) is 4.29. The Morgan fingerprint density at radius 3 is 2.63 bits per heavy atom. The van der Waals surface area contributed by atoms with Crippen LogP contribution in [0.2, 0.25) is 0 Å². The van der Waals surface area contributed by atoms with Crippen LogP contribution in [0.4, 0.5) is 0 Å². The molecule has 5 nitrogen and oxygen atoms in total. The van der Waals surface area contributed by atoms with E-state index in [1.54, 1.807) is 0 Å². The van der Waals surface area contributed by atoms with Crippen molar-refractivity contribution in [2.24, 2.45) is 5.92 Å². The van der Waals surface area contributed by atoms with E-state index < -0.39 is 10.2 Å². The molecule has 1 aliphatic heterocycles. The first kappa shape index (κ1) is 16.9. The van der Waals surface area contributed by atoms with E-state index >= 15 is 0 Å². The summed E-state index contributed by atoms with van der Waals surface area (Å²) >= 11 is 0. The number of aliphatic hydroxyl groups excluding tert-OH is 1. The lowest BCUT2D eigenvalue weighted by molar-refractivity contribution is 0.153. The fourth-order valence-electron chi connectivity index (χ4n) is 2.61. The van der Waals surface area contributed by atoms with Crippen LogP contribution >= 0.6 is 0 Å². The zero-order valence-electron chi connectivity index (χ0n) is 12.3. The molecule has 0 aromatic rings. The van der Waals surface area contributed by atoms with Crippen molar-refractivity contribution in [2.45, 2.75) is 65.0 Å². The highest BCUT2D eigenvalue weighted by Gasteiger charge is 2.32. The van der Waals surface area contributed by atoms with E-state index in [0.29, 0.717) is 12.5 Å². The molecule has 0 radical (unpaired) electrons. The normalized spacial score (nSPS) is 25.2. The van der Waals surface area contributed by atoms with Crippen LogP contribution in [0.5, 0.6) is 0 Å². The van der Waals surface area contributed by atoms with Crippen molar-refractivity contribution in [3.63, 3.8) is 0 Å². The molecule has 0 bridgehead atoms. The second kappa shape index (κ2) is 7.57. The van der Waals surface area contributed by atoms with E-state index in [2.05, 4.69) is 18.6 Å². The molecule has 3 atom stereocenters. The molecular formula is C13H28N2O3S. The zero-order valence-corrected chi connectivity index (χ0v) is 13.1. The van der Waals surface area contributed by atoms with Crippen LogP contribution in [0.3, 0.4) is 0 Å². The molecule has 1 aliphatic rings. The molecule has 1 saturated heterocycles. The van der Waals surface area contributed by atoms with E-state index in [4.69, 9.17) is 0 Å². The van der Waals surface area contributed by atoms with Gasteiger partial charge in [-0.05, 0) is 32.1 Å². The number of nitrogens with one attached hydrogen (secondary N) is 1. The Bertz CT molecular complexity index is 359. The third kappa shape index (κ3) is 5.02. The van der Waals surface area contributed by atoms with E-state index in [1.807, 2.05) is 6.92 Å². The van der Waals surface area contributed by atoms with Gasteiger partial charge in [0.2, 0.25) is 0 Å².